The first-order chi connectivity index (χ1) is 13.6. The van der Waals surface area contributed by atoms with Crippen molar-refractivity contribution >= 4 is 29.3 Å². The lowest BCUT2D eigenvalue weighted by Crippen LogP contribution is -2.50. The van der Waals surface area contributed by atoms with Crippen LogP contribution in [0.3, 0.4) is 0 Å². The first-order valence-corrected chi connectivity index (χ1v) is 9.72. The van der Waals surface area contributed by atoms with Crippen LogP contribution in [-0.2, 0) is 4.79 Å². The Morgan fingerprint density at radius 2 is 2.17 bits per heavy atom. The molecular weight excluding hydrogens is 388 g/mol. The Morgan fingerprint density at radius 1 is 1.34 bits per heavy atom. The van der Waals surface area contributed by atoms with Crippen LogP contribution in [0.15, 0.2) is 59.3 Å². The molecule has 4 rings (SSSR count). The van der Waals surface area contributed by atoms with Gasteiger partial charge in [-0.1, -0.05) is 24.3 Å². The molecule has 29 heavy (non-hydrogen) atoms. The van der Waals surface area contributed by atoms with Gasteiger partial charge in [0, 0.05) is 50.5 Å². The van der Waals surface area contributed by atoms with E-state index in [9.17, 15) is 4.79 Å². The normalized spacial score (nSPS) is 18.2. The van der Waals surface area contributed by atoms with E-state index in [1.54, 1.807) is 11.1 Å². The highest BCUT2D eigenvalue weighted by Gasteiger charge is 2.28. The number of hydrogen-bond acceptors (Lipinski definition) is 5. The number of fused-ring (bicyclic) bond motifs is 1. The Morgan fingerprint density at radius 3 is 2.93 bits per heavy atom. The summed E-state index contributed by atoms with van der Waals surface area (Å²) < 4.78 is 5.96. The Bertz CT molecular complexity index is 913. The van der Waals surface area contributed by atoms with Gasteiger partial charge in [-0.2, -0.15) is 0 Å². The van der Waals surface area contributed by atoms with Crippen LogP contribution in [0, 0.1) is 0 Å². The summed E-state index contributed by atoms with van der Waals surface area (Å²) in [5, 5.41) is 4.48. The molecule has 1 N–H and O–H groups in total. The van der Waals surface area contributed by atoms with Gasteiger partial charge >= 0.3 is 0 Å². The highest BCUT2D eigenvalue weighted by Crippen LogP contribution is 2.27. The van der Waals surface area contributed by atoms with Crippen molar-refractivity contribution in [3.05, 3.63) is 66.2 Å². The van der Waals surface area contributed by atoms with E-state index in [1.165, 1.54) is 0 Å². The number of rotatable bonds is 5. The third kappa shape index (κ3) is 4.61. The van der Waals surface area contributed by atoms with Crippen molar-refractivity contribution in [2.75, 3.05) is 33.2 Å². The van der Waals surface area contributed by atoms with Crippen molar-refractivity contribution in [1.29, 1.82) is 0 Å². The number of nitrogens with zero attached hydrogens (tertiary/aromatic N) is 3. The Hall–Kier alpha value is -2.41. The van der Waals surface area contributed by atoms with Crippen molar-refractivity contribution in [2.24, 2.45) is 0 Å². The lowest BCUT2D eigenvalue weighted by Gasteiger charge is -2.37. The van der Waals surface area contributed by atoms with Gasteiger partial charge in [-0.15, -0.1) is 12.4 Å². The van der Waals surface area contributed by atoms with Gasteiger partial charge in [0.1, 0.15) is 11.3 Å². The molecule has 1 aliphatic rings. The molecule has 1 saturated heterocycles. The maximum Gasteiger partial charge on any atom is 0.237 e. The zero-order valence-corrected chi connectivity index (χ0v) is 17.6. The first-order valence-electron chi connectivity index (χ1n) is 9.72. The molecule has 2 atom stereocenters. The largest absolute Gasteiger partial charge is 0.459 e. The monoisotopic (exact) mass is 414 g/mol. The molecular formula is C22H27ClN4O2. The topological polar surface area (TPSA) is 61.6 Å². The minimum Gasteiger partial charge on any atom is -0.459 e. The molecule has 1 aliphatic heterocycles. The number of carbonyl (C=O) groups excluding carboxylic acids is 1. The quantitative estimate of drug-likeness (QED) is 0.693. The molecule has 0 spiro atoms. The first kappa shape index (κ1) is 21.3. The highest BCUT2D eigenvalue weighted by atomic mass is 35.5. The molecule has 0 saturated carbocycles. The van der Waals surface area contributed by atoms with E-state index in [1.807, 2.05) is 56.6 Å². The van der Waals surface area contributed by atoms with E-state index in [0.29, 0.717) is 6.54 Å². The predicted octanol–water partition coefficient (Wildman–Crippen LogP) is 3.42. The van der Waals surface area contributed by atoms with Crippen LogP contribution in [0.5, 0.6) is 0 Å². The van der Waals surface area contributed by atoms with Crippen LogP contribution in [0.2, 0.25) is 0 Å². The van der Waals surface area contributed by atoms with E-state index in [-0.39, 0.29) is 30.4 Å². The maximum absolute atomic E-state index is 13.0. The third-order valence-electron chi connectivity index (χ3n) is 5.59. The van der Waals surface area contributed by atoms with Crippen molar-refractivity contribution in [2.45, 2.75) is 19.0 Å². The minimum absolute atomic E-state index is 0. The number of benzene rings is 1. The zero-order chi connectivity index (χ0) is 19.5. The van der Waals surface area contributed by atoms with Gasteiger partial charge in [0.2, 0.25) is 5.91 Å². The summed E-state index contributed by atoms with van der Waals surface area (Å²) in [5.41, 5.74) is 1.99. The summed E-state index contributed by atoms with van der Waals surface area (Å²) in [6, 6.07) is 14.0. The second-order valence-electron chi connectivity index (χ2n) is 7.34. The van der Waals surface area contributed by atoms with Gasteiger partial charge in [0.15, 0.2) is 0 Å². The number of pyridine rings is 1. The van der Waals surface area contributed by atoms with Gasteiger partial charge in [-0.3, -0.25) is 14.7 Å². The second-order valence-corrected chi connectivity index (χ2v) is 7.34. The molecule has 2 aromatic heterocycles. The standard InChI is InChI=1S/C22H26N4O2.ClH/c1-16(21-12-17-6-3-4-8-20(17)28-21)25(2)22(27)15-26-11-10-24-14-19(26)18-7-5-9-23-13-18;/h3-9,12-13,16,19,24H,10-11,14-15H2,1-2H3;1H. The van der Waals surface area contributed by atoms with Gasteiger partial charge < -0.3 is 14.6 Å². The SMILES string of the molecule is CC(c1cc2ccccc2o1)N(C)C(=O)CN1CCNCC1c1cccnc1.Cl. The second kappa shape index (κ2) is 9.39. The summed E-state index contributed by atoms with van der Waals surface area (Å²) in [6.45, 7) is 4.92. The van der Waals surface area contributed by atoms with E-state index in [4.69, 9.17) is 4.42 Å². The summed E-state index contributed by atoms with van der Waals surface area (Å²) >= 11 is 0. The number of amides is 1. The number of likely N-dealkylation sites (N-methyl/N-ethyl adjacent to an activating group) is 1. The number of hydrogen-bond donors (Lipinski definition) is 1. The van der Waals surface area contributed by atoms with E-state index >= 15 is 0 Å². The molecule has 6 nitrogen and oxygen atoms in total. The van der Waals surface area contributed by atoms with Crippen molar-refractivity contribution in [3.8, 4) is 0 Å². The summed E-state index contributed by atoms with van der Waals surface area (Å²) in [6.07, 6.45) is 3.66. The molecule has 1 fully saturated rings. The summed E-state index contributed by atoms with van der Waals surface area (Å²) in [4.78, 5) is 21.3. The Labute approximate surface area is 177 Å². The van der Waals surface area contributed by atoms with Gasteiger partial charge in [0.05, 0.1) is 12.6 Å². The molecule has 0 radical (unpaired) electrons. The molecule has 3 heterocycles. The van der Waals surface area contributed by atoms with Crippen molar-refractivity contribution in [3.63, 3.8) is 0 Å². The van der Waals surface area contributed by atoms with Crippen LogP contribution in [0.25, 0.3) is 11.0 Å². The molecule has 0 bridgehead atoms. The molecule has 0 aliphatic carbocycles. The van der Waals surface area contributed by atoms with Crippen LogP contribution < -0.4 is 5.32 Å². The van der Waals surface area contributed by atoms with E-state index < -0.39 is 0 Å². The summed E-state index contributed by atoms with van der Waals surface area (Å²) in [7, 11) is 1.85. The lowest BCUT2D eigenvalue weighted by molar-refractivity contribution is -0.134. The molecule has 2 unspecified atom stereocenters. The Balaban J connectivity index is 0.00000240. The Kier molecular flexibility index (Phi) is 6.90. The predicted molar refractivity (Wildman–Crippen MR) is 116 cm³/mol. The highest BCUT2D eigenvalue weighted by molar-refractivity contribution is 5.85. The minimum atomic E-state index is -0.125. The molecule has 7 heteroatoms. The fourth-order valence-electron chi connectivity index (χ4n) is 3.74. The van der Waals surface area contributed by atoms with E-state index in [2.05, 4.69) is 21.3 Å². The number of piperazine rings is 1. The molecule has 1 amide bonds. The number of para-hydroxylation sites is 1. The maximum atomic E-state index is 13.0. The lowest BCUT2D eigenvalue weighted by atomic mass is 10.1. The third-order valence-corrected chi connectivity index (χ3v) is 5.59. The van der Waals surface area contributed by atoms with Gasteiger partial charge in [0.25, 0.3) is 0 Å². The van der Waals surface area contributed by atoms with E-state index in [0.717, 1.165) is 41.9 Å². The molecule has 3 aromatic rings. The number of furan rings is 1. The van der Waals surface area contributed by atoms with Crippen LogP contribution in [0.1, 0.15) is 30.3 Å². The average Bonchev–Trinajstić information content (AvgIpc) is 3.18. The number of halogens is 1. The smallest absolute Gasteiger partial charge is 0.237 e. The number of nitrogens with one attached hydrogen (secondary N) is 1. The van der Waals surface area contributed by atoms with Crippen LogP contribution in [0.4, 0.5) is 0 Å². The van der Waals surface area contributed by atoms with Gasteiger partial charge in [-0.25, -0.2) is 0 Å². The van der Waals surface area contributed by atoms with Crippen LogP contribution in [-0.4, -0.2) is 53.9 Å². The molecule has 154 valence electrons. The van der Waals surface area contributed by atoms with Gasteiger partial charge in [-0.05, 0) is 30.7 Å². The number of carbonyl (C=O) groups is 1. The molecule has 1 aromatic carbocycles. The summed E-state index contributed by atoms with van der Waals surface area (Å²) in [5.74, 6) is 0.893. The zero-order valence-electron chi connectivity index (χ0n) is 16.7. The van der Waals surface area contributed by atoms with Crippen molar-refractivity contribution < 1.29 is 9.21 Å². The fraction of sp³-hybridized carbons (Fsp3) is 0.364. The number of aromatic nitrogens is 1. The fourth-order valence-corrected chi connectivity index (χ4v) is 3.74. The van der Waals surface area contributed by atoms with Crippen LogP contribution >= 0.6 is 12.4 Å². The van der Waals surface area contributed by atoms with Crippen molar-refractivity contribution in [1.82, 2.24) is 20.1 Å². The average molecular weight is 415 g/mol.